The summed E-state index contributed by atoms with van der Waals surface area (Å²) in [4.78, 5) is 14.1. The molecular formula is C13H24N2O2. The largest absolute Gasteiger partial charge is 0.390 e. The summed E-state index contributed by atoms with van der Waals surface area (Å²) in [7, 11) is 1.83. The van der Waals surface area contributed by atoms with Crippen LogP contribution < -0.4 is 5.32 Å². The van der Waals surface area contributed by atoms with Crippen molar-refractivity contribution in [3.05, 3.63) is 0 Å². The smallest absolute Gasteiger partial charge is 0.225 e. The molecule has 4 nitrogen and oxygen atoms in total. The van der Waals surface area contributed by atoms with E-state index in [0.29, 0.717) is 13.1 Å². The number of nitrogens with zero attached hydrogens (tertiary/aromatic N) is 1. The number of likely N-dealkylation sites (N-methyl/N-ethyl adjacent to an activating group) is 1. The number of carbonyl (C=O) groups is 1. The van der Waals surface area contributed by atoms with E-state index in [-0.39, 0.29) is 17.9 Å². The van der Waals surface area contributed by atoms with Gasteiger partial charge in [0.05, 0.1) is 12.1 Å². The highest BCUT2D eigenvalue weighted by Gasteiger charge is 2.34. The highest BCUT2D eigenvalue weighted by atomic mass is 16.3. The zero-order chi connectivity index (χ0) is 12.4. The van der Waals surface area contributed by atoms with Crippen LogP contribution in [0.3, 0.4) is 0 Å². The Morgan fingerprint density at radius 2 is 1.88 bits per heavy atom. The number of aliphatic hydroxyl groups excluding tert-OH is 1. The van der Waals surface area contributed by atoms with Gasteiger partial charge in [-0.1, -0.05) is 6.92 Å². The molecule has 1 aliphatic carbocycles. The SMILES string of the molecule is CC1CCC(C(=O)N(C)[C@H]2CNC[C@@H]2O)CC1. The van der Waals surface area contributed by atoms with Crippen molar-refractivity contribution in [3.8, 4) is 0 Å². The van der Waals surface area contributed by atoms with Gasteiger partial charge in [0.2, 0.25) is 5.91 Å². The number of hydrogen-bond acceptors (Lipinski definition) is 3. The molecule has 1 heterocycles. The lowest BCUT2D eigenvalue weighted by Gasteiger charge is -2.33. The summed E-state index contributed by atoms with van der Waals surface area (Å²) in [6.45, 7) is 3.57. The minimum Gasteiger partial charge on any atom is -0.390 e. The third-order valence-electron chi connectivity index (χ3n) is 4.36. The molecule has 0 spiro atoms. The zero-order valence-electron chi connectivity index (χ0n) is 10.9. The first kappa shape index (κ1) is 12.8. The number of nitrogens with one attached hydrogen (secondary N) is 1. The zero-order valence-corrected chi connectivity index (χ0v) is 10.9. The van der Waals surface area contributed by atoms with Gasteiger partial charge >= 0.3 is 0 Å². The average Bonchev–Trinajstić information content (AvgIpc) is 2.74. The molecule has 0 aromatic rings. The summed E-state index contributed by atoms with van der Waals surface area (Å²) in [5.41, 5.74) is 0. The number of carbonyl (C=O) groups excluding carboxylic acids is 1. The van der Waals surface area contributed by atoms with Crippen LogP contribution in [0.1, 0.15) is 32.6 Å². The van der Waals surface area contributed by atoms with Gasteiger partial charge in [0.1, 0.15) is 0 Å². The lowest BCUT2D eigenvalue weighted by molar-refractivity contribution is -0.138. The maximum absolute atomic E-state index is 12.3. The average molecular weight is 240 g/mol. The van der Waals surface area contributed by atoms with E-state index >= 15 is 0 Å². The van der Waals surface area contributed by atoms with Crippen molar-refractivity contribution in [2.45, 2.75) is 44.8 Å². The van der Waals surface area contributed by atoms with Crippen molar-refractivity contribution >= 4 is 5.91 Å². The molecule has 1 amide bonds. The number of rotatable bonds is 2. The first-order valence-corrected chi connectivity index (χ1v) is 6.75. The van der Waals surface area contributed by atoms with Crippen LogP contribution in [0, 0.1) is 11.8 Å². The molecule has 0 unspecified atom stereocenters. The van der Waals surface area contributed by atoms with Gasteiger partial charge in [-0.25, -0.2) is 0 Å². The fourth-order valence-electron chi connectivity index (χ4n) is 3.00. The Hall–Kier alpha value is -0.610. The lowest BCUT2D eigenvalue weighted by atomic mass is 9.82. The fraction of sp³-hybridized carbons (Fsp3) is 0.923. The second-order valence-electron chi connectivity index (χ2n) is 5.70. The van der Waals surface area contributed by atoms with E-state index in [9.17, 15) is 9.90 Å². The molecule has 98 valence electrons. The first-order valence-electron chi connectivity index (χ1n) is 6.75. The summed E-state index contributed by atoms with van der Waals surface area (Å²) in [6.07, 6.45) is 3.94. The predicted octanol–water partition coefficient (Wildman–Crippen LogP) is 0.604. The topological polar surface area (TPSA) is 52.6 Å². The Bertz CT molecular complexity index is 275. The van der Waals surface area contributed by atoms with E-state index in [1.165, 1.54) is 0 Å². The van der Waals surface area contributed by atoms with E-state index in [0.717, 1.165) is 31.6 Å². The molecule has 1 saturated carbocycles. The van der Waals surface area contributed by atoms with E-state index < -0.39 is 6.10 Å². The molecule has 4 heteroatoms. The maximum Gasteiger partial charge on any atom is 0.225 e. The van der Waals surface area contributed by atoms with E-state index in [2.05, 4.69) is 12.2 Å². The molecule has 2 fully saturated rings. The highest BCUT2D eigenvalue weighted by molar-refractivity contribution is 5.79. The summed E-state index contributed by atoms with van der Waals surface area (Å²) in [5, 5.41) is 12.9. The third kappa shape index (κ3) is 2.80. The van der Waals surface area contributed by atoms with Crippen molar-refractivity contribution in [1.82, 2.24) is 10.2 Å². The summed E-state index contributed by atoms with van der Waals surface area (Å²) in [5.74, 6) is 1.18. The quantitative estimate of drug-likeness (QED) is 0.743. The van der Waals surface area contributed by atoms with Gasteiger partial charge < -0.3 is 15.3 Å². The molecule has 2 aliphatic rings. The van der Waals surface area contributed by atoms with E-state index in [1.54, 1.807) is 4.90 Å². The van der Waals surface area contributed by atoms with E-state index in [4.69, 9.17) is 0 Å². The molecule has 0 aromatic heterocycles. The van der Waals surface area contributed by atoms with Crippen LogP contribution in [0.15, 0.2) is 0 Å². The van der Waals surface area contributed by atoms with Gasteiger partial charge in [0, 0.05) is 26.1 Å². The molecule has 1 saturated heterocycles. The van der Waals surface area contributed by atoms with Gasteiger partial charge in [-0.05, 0) is 31.6 Å². The van der Waals surface area contributed by atoms with Crippen molar-refractivity contribution in [2.24, 2.45) is 11.8 Å². The monoisotopic (exact) mass is 240 g/mol. The van der Waals surface area contributed by atoms with Gasteiger partial charge in [-0.15, -0.1) is 0 Å². The maximum atomic E-state index is 12.3. The number of β-amino-alcohol motifs (C(OH)–C–C–N with tert-alkyl or cyclic N) is 1. The molecule has 0 radical (unpaired) electrons. The van der Waals surface area contributed by atoms with Crippen LogP contribution in [0.5, 0.6) is 0 Å². The highest BCUT2D eigenvalue weighted by Crippen LogP contribution is 2.30. The Morgan fingerprint density at radius 1 is 1.24 bits per heavy atom. The van der Waals surface area contributed by atoms with Gasteiger partial charge in [0.15, 0.2) is 0 Å². The van der Waals surface area contributed by atoms with E-state index in [1.807, 2.05) is 7.05 Å². The van der Waals surface area contributed by atoms with Gasteiger partial charge in [-0.2, -0.15) is 0 Å². The number of amides is 1. The molecule has 2 atom stereocenters. The first-order chi connectivity index (χ1) is 8.09. The normalized spacial score (nSPS) is 38.1. The van der Waals surface area contributed by atoms with Crippen LogP contribution in [0.4, 0.5) is 0 Å². The molecule has 1 aliphatic heterocycles. The number of aliphatic hydroxyl groups is 1. The van der Waals surface area contributed by atoms with Gasteiger partial charge in [0.25, 0.3) is 0 Å². The number of hydrogen-bond donors (Lipinski definition) is 2. The van der Waals surface area contributed by atoms with Gasteiger partial charge in [-0.3, -0.25) is 4.79 Å². The van der Waals surface area contributed by atoms with Crippen LogP contribution in [0.2, 0.25) is 0 Å². The Labute approximate surface area is 103 Å². The summed E-state index contributed by atoms with van der Waals surface area (Å²) in [6, 6.07) is -0.0400. The van der Waals surface area contributed by atoms with Crippen LogP contribution in [0.25, 0.3) is 0 Å². The van der Waals surface area contributed by atoms with Crippen molar-refractivity contribution in [1.29, 1.82) is 0 Å². The lowest BCUT2D eigenvalue weighted by Crippen LogP contribution is -2.47. The van der Waals surface area contributed by atoms with Crippen LogP contribution >= 0.6 is 0 Å². The minimum absolute atomic E-state index is 0.0400. The molecule has 2 rings (SSSR count). The van der Waals surface area contributed by atoms with Crippen molar-refractivity contribution in [2.75, 3.05) is 20.1 Å². The predicted molar refractivity (Wildman–Crippen MR) is 66.6 cm³/mol. The molecule has 0 aromatic carbocycles. The van der Waals surface area contributed by atoms with Crippen LogP contribution in [-0.4, -0.2) is 48.2 Å². The standard InChI is InChI=1S/C13H24N2O2/c1-9-3-5-10(6-4-9)13(17)15(2)11-7-14-8-12(11)16/h9-12,14,16H,3-8H2,1-2H3/t9?,10?,11-,12-/m0/s1. The second-order valence-corrected chi connectivity index (χ2v) is 5.70. The minimum atomic E-state index is -0.411. The molecule has 17 heavy (non-hydrogen) atoms. The van der Waals surface area contributed by atoms with Crippen molar-refractivity contribution in [3.63, 3.8) is 0 Å². The Kier molecular flexibility index (Phi) is 4.05. The Morgan fingerprint density at radius 3 is 2.41 bits per heavy atom. The second kappa shape index (κ2) is 5.36. The van der Waals surface area contributed by atoms with Crippen LogP contribution in [-0.2, 0) is 4.79 Å². The third-order valence-corrected chi connectivity index (χ3v) is 4.36. The Balaban J connectivity index is 1.90. The molecular weight excluding hydrogens is 216 g/mol. The molecule has 2 N–H and O–H groups in total. The summed E-state index contributed by atoms with van der Waals surface area (Å²) >= 11 is 0. The van der Waals surface area contributed by atoms with Crippen molar-refractivity contribution < 1.29 is 9.90 Å². The molecule has 0 bridgehead atoms. The summed E-state index contributed by atoms with van der Waals surface area (Å²) < 4.78 is 0. The fourth-order valence-corrected chi connectivity index (χ4v) is 3.00.